The molecule has 134 valence electrons. The van der Waals surface area contributed by atoms with E-state index in [2.05, 4.69) is 5.16 Å². The largest absolute Gasteiger partial charge is 0.459 e. The highest BCUT2D eigenvalue weighted by atomic mass is 16.5. The number of nitrogens with zero attached hydrogens (tertiary/aromatic N) is 3. The standard InChI is InChI=1S/C18H23N3O4/c1-12-14(15(19-25-12)18(2,3)4)17(23)21-9-7-20(8-10-21)16(22)13-6-5-11-24-13/h5-6,11H,7-10H2,1-4H3. The van der Waals surface area contributed by atoms with Crippen LogP contribution in [0.1, 0.15) is 53.1 Å². The van der Waals surface area contributed by atoms with E-state index in [0.717, 1.165) is 0 Å². The molecule has 0 atom stereocenters. The lowest BCUT2D eigenvalue weighted by Gasteiger charge is -2.34. The van der Waals surface area contributed by atoms with Crippen LogP contribution < -0.4 is 0 Å². The fourth-order valence-corrected chi connectivity index (χ4v) is 2.96. The first-order chi connectivity index (χ1) is 11.8. The van der Waals surface area contributed by atoms with Crippen LogP contribution in [0.4, 0.5) is 0 Å². The number of piperazine rings is 1. The number of carbonyl (C=O) groups excluding carboxylic acids is 2. The van der Waals surface area contributed by atoms with Crippen molar-refractivity contribution >= 4 is 11.8 Å². The maximum Gasteiger partial charge on any atom is 0.289 e. The van der Waals surface area contributed by atoms with Crippen molar-refractivity contribution in [1.82, 2.24) is 15.0 Å². The van der Waals surface area contributed by atoms with Crippen LogP contribution in [0.5, 0.6) is 0 Å². The van der Waals surface area contributed by atoms with Gasteiger partial charge >= 0.3 is 0 Å². The van der Waals surface area contributed by atoms with Crippen LogP contribution in [-0.4, -0.2) is 52.9 Å². The van der Waals surface area contributed by atoms with Crippen molar-refractivity contribution in [3.05, 3.63) is 41.2 Å². The van der Waals surface area contributed by atoms with Crippen LogP contribution in [0.3, 0.4) is 0 Å². The highest BCUT2D eigenvalue weighted by Gasteiger charge is 2.33. The van der Waals surface area contributed by atoms with Crippen molar-refractivity contribution in [2.24, 2.45) is 0 Å². The van der Waals surface area contributed by atoms with Gasteiger partial charge in [0.25, 0.3) is 11.8 Å². The highest BCUT2D eigenvalue weighted by molar-refractivity contribution is 5.97. The van der Waals surface area contributed by atoms with Gasteiger partial charge in [-0.1, -0.05) is 25.9 Å². The zero-order chi connectivity index (χ0) is 18.2. The molecule has 7 nitrogen and oxygen atoms in total. The summed E-state index contributed by atoms with van der Waals surface area (Å²) in [7, 11) is 0. The van der Waals surface area contributed by atoms with Gasteiger partial charge in [-0.25, -0.2) is 0 Å². The molecule has 0 aromatic carbocycles. The summed E-state index contributed by atoms with van der Waals surface area (Å²) in [4.78, 5) is 28.7. The summed E-state index contributed by atoms with van der Waals surface area (Å²) in [5, 5.41) is 4.08. The van der Waals surface area contributed by atoms with Crippen LogP contribution in [-0.2, 0) is 5.41 Å². The van der Waals surface area contributed by atoms with Crippen LogP contribution >= 0.6 is 0 Å². The number of carbonyl (C=O) groups is 2. The second kappa shape index (κ2) is 6.38. The smallest absolute Gasteiger partial charge is 0.289 e. The van der Waals surface area contributed by atoms with E-state index in [9.17, 15) is 9.59 Å². The predicted octanol–water partition coefficient (Wildman–Crippen LogP) is 2.47. The second-order valence-electron chi connectivity index (χ2n) is 7.27. The minimum absolute atomic E-state index is 0.0891. The highest BCUT2D eigenvalue weighted by Crippen LogP contribution is 2.28. The van der Waals surface area contributed by atoms with Crippen molar-refractivity contribution in [1.29, 1.82) is 0 Å². The quantitative estimate of drug-likeness (QED) is 0.835. The first kappa shape index (κ1) is 17.3. The van der Waals surface area contributed by atoms with Crippen molar-refractivity contribution in [2.45, 2.75) is 33.1 Å². The van der Waals surface area contributed by atoms with E-state index in [-0.39, 0.29) is 17.2 Å². The molecule has 0 bridgehead atoms. The fourth-order valence-electron chi connectivity index (χ4n) is 2.96. The molecular weight excluding hydrogens is 322 g/mol. The normalized spacial score (nSPS) is 15.5. The second-order valence-corrected chi connectivity index (χ2v) is 7.27. The maximum absolute atomic E-state index is 13.0. The van der Waals surface area contributed by atoms with Crippen molar-refractivity contribution in [3.8, 4) is 0 Å². The number of aryl methyl sites for hydroxylation is 1. The third kappa shape index (κ3) is 3.31. The van der Waals surface area contributed by atoms with Crippen LogP contribution in [0.2, 0.25) is 0 Å². The molecule has 0 N–H and O–H groups in total. The van der Waals surface area contributed by atoms with E-state index in [1.54, 1.807) is 28.9 Å². The number of aromatic nitrogens is 1. The lowest BCUT2D eigenvalue weighted by molar-refractivity contribution is 0.0516. The minimum Gasteiger partial charge on any atom is -0.459 e. The van der Waals surface area contributed by atoms with E-state index in [1.165, 1.54) is 6.26 Å². The average molecular weight is 345 g/mol. The summed E-state index contributed by atoms with van der Waals surface area (Å²) in [6.07, 6.45) is 1.48. The Hall–Kier alpha value is -2.57. The Balaban J connectivity index is 1.71. The van der Waals surface area contributed by atoms with E-state index in [0.29, 0.717) is 49.0 Å². The Morgan fingerprint density at radius 1 is 1.08 bits per heavy atom. The molecule has 1 fully saturated rings. The van der Waals surface area contributed by atoms with Gasteiger partial charge in [-0.05, 0) is 19.1 Å². The molecule has 0 unspecified atom stereocenters. The summed E-state index contributed by atoms with van der Waals surface area (Å²) in [6, 6.07) is 3.34. The monoisotopic (exact) mass is 345 g/mol. The summed E-state index contributed by atoms with van der Waals surface area (Å²) in [5.41, 5.74) is 0.933. The molecule has 2 aromatic heterocycles. The lowest BCUT2D eigenvalue weighted by Crippen LogP contribution is -2.50. The van der Waals surface area contributed by atoms with Gasteiger partial charge in [0, 0.05) is 31.6 Å². The van der Waals surface area contributed by atoms with Gasteiger partial charge in [-0.2, -0.15) is 0 Å². The number of furan rings is 1. The molecule has 1 aliphatic rings. The van der Waals surface area contributed by atoms with E-state index >= 15 is 0 Å². The van der Waals surface area contributed by atoms with E-state index < -0.39 is 0 Å². The van der Waals surface area contributed by atoms with Crippen molar-refractivity contribution in [3.63, 3.8) is 0 Å². The van der Waals surface area contributed by atoms with Gasteiger partial charge in [0.15, 0.2) is 5.76 Å². The van der Waals surface area contributed by atoms with Gasteiger partial charge in [0.2, 0.25) is 0 Å². The molecule has 0 aliphatic carbocycles. The van der Waals surface area contributed by atoms with Crippen molar-refractivity contribution < 1.29 is 18.5 Å². The Morgan fingerprint density at radius 3 is 2.20 bits per heavy atom. The number of rotatable bonds is 2. The average Bonchev–Trinajstić information content (AvgIpc) is 3.22. The Morgan fingerprint density at radius 2 is 1.68 bits per heavy atom. The third-order valence-corrected chi connectivity index (χ3v) is 4.37. The zero-order valence-corrected chi connectivity index (χ0v) is 15.0. The Kier molecular flexibility index (Phi) is 4.41. The number of hydrogen-bond donors (Lipinski definition) is 0. The molecule has 0 spiro atoms. The molecule has 0 saturated carbocycles. The molecule has 3 heterocycles. The van der Waals surface area contributed by atoms with E-state index in [1.807, 2.05) is 20.8 Å². The summed E-state index contributed by atoms with van der Waals surface area (Å²) in [6.45, 7) is 9.65. The Labute approximate surface area is 146 Å². The predicted molar refractivity (Wildman–Crippen MR) is 90.5 cm³/mol. The molecular formula is C18H23N3O4. The lowest BCUT2D eigenvalue weighted by atomic mass is 9.88. The molecule has 1 aliphatic heterocycles. The number of hydrogen-bond acceptors (Lipinski definition) is 5. The summed E-state index contributed by atoms with van der Waals surface area (Å²) in [5.74, 6) is 0.621. The SMILES string of the molecule is Cc1onc(C(C)(C)C)c1C(=O)N1CCN(C(=O)c2ccco2)CC1. The topological polar surface area (TPSA) is 79.8 Å². The van der Waals surface area contributed by atoms with E-state index in [4.69, 9.17) is 8.94 Å². The first-order valence-corrected chi connectivity index (χ1v) is 8.38. The van der Waals surface area contributed by atoms with Gasteiger partial charge < -0.3 is 18.7 Å². The van der Waals surface area contributed by atoms with Gasteiger partial charge in [-0.3, -0.25) is 9.59 Å². The first-order valence-electron chi connectivity index (χ1n) is 8.38. The van der Waals surface area contributed by atoms with Crippen molar-refractivity contribution in [2.75, 3.05) is 26.2 Å². The van der Waals surface area contributed by atoms with Gasteiger partial charge in [-0.15, -0.1) is 0 Å². The van der Waals surface area contributed by atoms with Crippen LogP contribution in [0.15, 0.2) is 27.3 Å². The van der Waals surface area contributed by atoms with Gasteiger partial charge in [0.05, 0.1) is 6.26 Å². The Bertz CT molecular complexity index is 763. The van der Waals surface area contributed by atoms with Gasteiger partial charge in [0.1, 0.15) is 17.0 Å². The number of amides is 2. The summed E-state index contributed by atoms with van der Waals surface area (Å²) >= 11 is 0. The molecule has 3 rings (SSSR count). The third-order valence-electron chi connectivity index (χ3n) is 4.37. The zero-order valence-electron chi connectivity index (χ0n) is 15.0. The molecule has 2 aromatic rings. The fraction of sp³-hybridized carbons (Fsp3) is 0.500. The molecule has 2 amide bonds. The minimum atomic E-state index is -0.278. The molecule has 1 saturated heterocycles. The molecule has 0 radical (unpaired) electrons. The van der Waals surface area contributed by atoms with Crippen LogP contribution in [0, 0.1) is 6.92 Å². The molecule has 7 heteroatoms. The molecule has 25 heavy (non-hydrogen) atoms. The maximum atomic E-state index is 13.0. The summed E-state index contributed by atoms with van der Waals surface area (Å²) < 4.78 is 10.4. The van der Waals surface area contributed by atoms with Crippen LogP contribution in [0.25, 0.3) is 0 Å².